The van der Waals surface area contributed by atoms with E-state index in [9.17, 15) is 14.4 Å². The predicted molar refractivity (Wildman–Crippen MR) is 92.8 cm³/mol. The van der Waals surface area contributed by atoms with E-state index in [0.29, 0.717) is 24.0 Å². The molecular formula is C18H21N3O4. The van der Waals surface area contributed by atoms with Crippen molar-refractivity contribution in [3.8, 4) is 0 Å². The third-order valence-corrected chi connectivity index (χ3v) is 4.01. The molecule has 0 aliphatic heterocycles. The number of aryl methyl sites for hydroxylation is 2. The van der Waals surface area contributed by atoms with E-state index < -0.39 is 17.9 Å². The fourth-order valence-electron chi connectivity index (χ4n) is 2.51. The Kier molecular flexibility index (Phi) is 5.69. The first kappa shape index (κ1) is 18.4. The Morgan fingerprint density at radius 1 is 1.24 bits per heavy atom. The Bertz CT molecular complexity index is 858. The van der Waals surface area contributed by atoms with Crippen molar-refractivity contribution in [3.05, 3.63) is 62.6 Å². The van der Waals surface area contributed by atoms with Gasteiger partial charge in [0.15, 0.2) is 0 Å². The third kappa shape index (κ3) is 4.53. The van der Waals surface area contributed by atoms with E-state index in [2.05, 4.69) is 15.5 Å². The van der Waals surface area contributed by atoms with Crippen molar-refractivity contribution in [2.75, 3.05) is 0 Å². The number of carboxylic acids is 1. The number of aliphatic carboxylic acids is 1. The van der Waals surface area contributed by atoms with Crippen molar-refractivity contribution >= 4 is 11.9 Å². The second-order valence-electron chi connectivity index (χ2n) is 5.95. The van der Waals surface area contributed by atoms with Gasteiger partial charge in [-0.05, 0) is 49.6 Å². The SMILES string of the molecule is CCC(NC(=O)c1ccc(Cc2cc(C)n[nH]c2=O)c(C)c1)C(=O)O. The lowest BCUT2D eigenvalue weighted by Gasteiger charge is -2.13. The van der Waals surface area contributed by atoms with Gasteiger partial charge in [0, 0.05) is 17.5 Å². The number of carboxylic acid groups (broad SMARTS) is 1. The number of hydrogen-bond donors (Lipinski definition) is 3. The average molecular weight is 343 g/mol. The summed E-state index contributed by atoms with van der Waals surface area (Å²) in [6.07, 6.45) is 0.738. The molecule has 1 amide bonds. The van der Waals surface area contributed by atoms with Crippen LogP contribution in [0.1, 0.15) is 46.1 Å². The molecule has 25 heavy (non-hydrogen) atoms. The maximum atomic E-state index is 12.2. The zero-order valence-corrected chi connectivity index (χ0v) is 14.4. The highest BCUT2D eigenvalue weighted by atomic mass is 16.4. The molecule has 132 valence electrons. The molecule has 3 N–H and O–H groups in total. The van der Waals surface area contributed by atoms with Gasteiger partial charge in [0.1, 0.15) is 6.04 Å². The first-order valence-electron chi connectivity index (χ1n) is 8.00. The third-order valence-electron chi connectivity index (χ3n) is 4.01. The van der Waals surface area contributed by atoms with E-state index in [1.54, 1.807) is 38.1 Å². The number of benzene rings is 1. The zero-order valence-electron chi connectivity index (χ0n) is 14.4. The Morgan fingerprint density at radius 2 is 1.96 bits per heavy atom. The number of H-pyrrole nitrogens is 1. The van der Waals surface area contributed by atoms with Gasteiger partial charge >= 0.3 is 5.97 Å². The number of nitrogens with one attached hydrogen (secondary N) is 2. The van der Waals surface area contributed by atoms with Crippen molar-refractivity contribution in [3.63, 3.8) is 0 Å². The largest absolute Gasteiger partial charge is 0.480 e. The molecule has 0 bridgehead atoms. The fourth-order valence-corrected chi connectivity index (χ4v) is 2.51. The first-order chi connectivity index (χ1) is 11.8. The van der Waals surface area contributed by atoms with Crippen LogP contribution in [0.25, 0.3) is 0 Å². The van der Waals surface area contributed by atoms with Crippen LogP contribution >= 0.6 is 0 Å². The summed E-state index contributed by atoms with van der Waals surface area (Å²) in [5, 5.41) is 17.8. The number of carbonyl (C=O) groups is 2. The standard InChI is InChI=1S/C18H21N3O4/c1-4-15(18(24)25)19-16(22)13-6-5-12(10(2)7-13)9-14-8-11(3)20-21-17(14)23/h5-8,15H,4,9H2,1-3H3,(H,19,22)(H,21,23)(H,24,25). The van der Waals surface area contributed by atoms with Crippen LogP contribution in [0.4, 0.5) is 0 Å². The van der Waals surface area contributed by atoms with Crippen molar-refractivity contribution < 1.29 is 14.7 Å². The summed E-state index contributed by atoms with van der Waals surface area (Å²) >= 11 is 0. The van der Waals surface area contributed by atoms with Crippen LogP contribution in [-0.4, -0.2) is 33.2 Å². The number of aromatic amines is 1. The zero-order chi connectivity index (χ0) is 18.6. The molecule has 2 aromatic rings. The maximum absolute atomic E-state index is 12.2. The smallest absolute Gasteiger partial charge is 0.326 e. The Morgan fingerprint density at radius 3 is 2.56 bits per heavy atom. The first-order valence-corrected chi connectivity index (χ1v) is 8.00. The predicted octanol–water partition coefficient (Wildman–Crippen LogP) is 1.57. The molecule has 7 nitrogen and oxygen atoms in total. The molecule has 2 rings (SSSR count). The van der Waals surface area contributed by atoms with Crippen LogP contribution in [0.5, 0.6) is 0 Å². The van der Waals surface area contributed by atoms with Crippen LogP contribution in [0.3, 0.4) is 0 Å². The lowest BCUT2D eigenvalue weighted by atomic mass is 9.98. The molecule has 0 fully saturated rings. The molecule has 0 saturated carbocycles. The molecule has 1 aromatic heterocycles. The lowest BCUT2D eigenvalue weighted by Crippen LogP contribution is -2.40. The highest BCUT2D eigenvalue weighted by Crippen LogP contribution is 2.15. The minimum Gasteiger partial charge on any atom is -0.480 e. The van der Waals surface area contributed by atoms with Crippen LogP contribution in [-0.2, 0) is 11.2 Å². The number of carbonyl (C=O) groups excluding carboxylic acids is 1. The normalized spacial score (nSPS) is 11.8. The number of nitrogens with zero attached hydrogens (tertiary/aromatic N) is 1. The molecule has 1 aromatic carbocycles. The van der Waals surface area contributed by atoms with E-state index in [1.807, 2.05) is 6.92 Å². The molecule has 1 atom stereocenters. The number of rotatable bonds is 6. The summed E-state index contributed by atoms with van der Waals surface area (Å²) in [5.74, 6) is -1.49. The lowest BCUT2D eigenvalue weighted by molar-refractivity contribution is -0.139. The van der Waals surface area contributed by atoms with Gasteiger partial charge in [0.2, 0.25) is 0 Å². The van der Waals surface area contributed by atoms with Gasteiger partial charge in [-0.15, -0.1) is 0 Å². The molecule has 0 radical (unpaired) electrons. The average Bonchev–Trinajstić information content (AvgIpc) is 2.57. The summed E-state index contributed by atoms with van der Waals surface area (Å²) in [6.45, 7) is 5.34. The Labute approximate surface area is 145 Å². The van der Waals surface area contributed by atoms with Gasteiger partial charge in [0.05, 0.1) is 5.69 Å². The summed E-state index contributed by atoms with van der Waals surface area (Å²) in [6, 6.07) is 5.93. The van der Waals surface area contributed by atoms with E-state index in [0.717, 1.165) is 16.8 Å². The van der Waals surface area contributed by atoms with Gasteiger partial charge in [-0.3, -0.25) is 9.59 Å². The fraction of sp³-hybridized carbons (Fsp3) is 0.333. The van der Waals surface area contributed by atoms with Gasteiger partial charge < -0.3 is 10.4 Å². The molecule has 0 saturated heterocycles. The molecule has 7 heteroatoms. The number of hydrogen-bond acceptors (Lipinski definition) is 4. The summed E-state index contributed by atoms with van der Waals surface area (Å²) in [7, 11) is 0. The highest BCUT2D eigenvalue weighted by molar-refractivity contribution is 5.96. The molecule has 1 heterocycles. The molecule has 0 aliphatic carbocycles. The van der Waals surface area contributed by atoms with Gasteiger partial charge in [-0.1, -0.05) is 13.0 Å². The second kappa shape index (κ2) is 7.74. The maximum Gasteiger partial charge on any atom is 0.326 e. The minimum atomic E-state index is -1.06. The van der Waals surface area contributed by atoms with Gasteiger partial charge in [0.25, 0.3) is 11.5 Å². The molecule has 1 unspecified atom stereocenters. The molecule has 0 spiro atoms. The Hall–Kier alpha value is -2.96. The number of aromatic nitrogens is 2. The van der Waals surface area contributed by atoms with Crippen LogP contribution in [0, 0.1) is 13.8 Å². The van der Waals surface area contributed by atoms with Crippen molar-refractivity contribution in [2.45, 2.75) is 39.7 Å². The summed E-state index contributed by atoms with van der Waals surface area (Å²) < 4.78 is 0. The summed E-state index contributed by atoms with van der Waals surface area (Å²) in [5.41, 5.74) is 3.25. The van der Waals surface area contributed by atoms with E-state index in [4.69, 9.17) is 5.11 Å². The quantitative estimate of drug-likeness (QED) is 0.737. The van der Waals surface area contributed by atoms with Crippen LogP contribution in [0.15, 0.2) is 29.1 Å². The summed E-state index contributed by atoms with van der Waals surface area (Å²) in [4.78, 5) is 35.1. The molecule has 0 aliphatic rings. The van der Waals surface area contributed by atoms with E-state index >= 15 is 0 Å². The highest BCUT2D eigenvalue weighted by Gasteiger charge is 2.19. The van der Waals surface area contributed by atoms with Gasteiger partial charge in [-0.25, -0.2) is 9.89 Å². The Balaban J connectivity index is 2.20. The van der Waals surface area contributed by atoms with E-state index in [1.165, 1.54) is 0 Å². The van der Waals surface area contributed by atoms with Crippen LogP contribution in [0.2, 0.25) is 0 Å². The topological polar surface area (TPSA) is 112 Å². The monoisotopic (exact) mass is 343 g/mol. The van der Waals surface area contributed by atoms with Crippen molar-refractivity contribution in [2.24, 2.45) is 0 Å². The van der Waals surface area contributed by atoms with Crippen molar-refractivity contribution in [1.82, 2.24) is 15.5 Å². The minimum absolute atomic E-state index is 0.237. The van der Waals surface area contributed by atoms with Gasteiger partial charge in [-0.2, -0.15) is 5.10 Å². The second-order valence-corrected chi connectivity index (χ2v) is 5.95. The van der Waals surface area contributed by atoms with Crippen LogP contribution < -0.4 is 10.9 Å². The van der Waals surface area contributed by atoms with Crippen molar-refractivity contribution in [1.29, 1.82) is 0 Å². The van der Waals surface area contributed by atoms with E-state index in [-0.39, 0.29) is 5.56 Å². The number of amides is 1. The molecular weight excluding hydrogens is 322 g/mol.